The molecule has 1 atom stereocenters. The van der Waals surface area contributed by atoms with E-state index in [1.54, 1.807) is 26.0 Å². The molecule has 1 amide bonds. The van der Waals surface area contributed by atoms with Crippen molar-refractivity contribution < 1.29 is 18.7 Å². The molecule has 0 saturated heterocycles. The summed E-state index contributed by atoms with van der Waals surface area (Å²) >= 11 is 0. The third kappa shape index (κ3) is 3.88. The molecule has 1 aromatic carbocycles. The predicted octanol–water partition coefficient (Wildman–Crippen LogP) is 1.83. The van der Waals surface area contributed by atoms with Crippen molar-refractivity contribution in [3.8, 4) is 11.5 Å². The van der Waals surface area contributed by atoms with Gasteiger partial charge in [0.2, 0.25) is 11.8 Å². The van der Waals surface area contributed by atoms with E-state index in [2.05, 4.69) is 10.3 Å². The summed E-state index contributed by atoms with van der Waals surface area (Å²) in [6, 6.07) is 5.48. The SMILES string of the molecule is Cc1oc(-c2ccc(F)cc2)nc1CC(=O)NC(C)CO. The number of amides is 1. The number of carbonyl (C=O) groups is 1. The van der Waals surface area contributed by atoms with E-state index in [9.17, 15) is 9.18 Å². The molecule has 0 aliphatic heterocycles. The van der Waals surface area contributed by atoms with Crippen molar-refractivity contribution in [1.82, 2.24) is 10.3 Å². The highest BCUT2D eigenvalue weighted by molar-refractivity contribution is 5.78. The first-order chi connectivity index (χ1) is 9.99. The van der Waals surface area contributed by atoms with Gasteiger partial charge in [0, 0.05) is 11.6 Å². The Morgan fingerprint density at radius 3 is 2.71 bits per heavy atom. The zero-order valence-corrected chi connectivity index (χ0v) is 11.9. The van der Waals surface area contributed by atoms with Crippen molar-refractivity contribution in [2.75, 3.05) is 6.61 Å². The lowest BCUT2D eigenvalue weighted by atomic mass is 10.2. The highest BCUT2D eigenvalue weighted by atomic mass is 19.1. The second-order valence-corrected chi connectivity index (χ2v) is 4.86. The van der Waals surface area contributed by atoms with Gasteiger partial charge in [0.1, 0.15) is 11.6 Å². The molecule has 0 aliphatic rings. The molecule has 0 aliphatic carbocycles. The van der Waals surface area contributed by atoms with Crippen LogP contribution in [0.15, 0.2) is 28.7 Å². The number of nitrogens with zero attached hydrogens (tertiary/aromatic N) is 1. The third-order valence-electron chi connectivity index (χ3n) is 2.99. The molecule has 0 saturated carbocycles. The van der Waals surface area contributed by atoms with E-state index in [4.69, 9.17) is 9.52 Å². The molecular formula is C15H17FN2O3. The first-order valence-corrected chi connectivity index (χ1v) is 6.62. The first kappa shape index (κ1) is 15.2. The van der Waals surface area contributed by atoms with E-state index in [0.717, 1.165) is 0 Å². The predicted molar refractivity (Wildman–Crippen MR) is 75.0 cm³/mol. The fourth-order valence-corrected chi connectivity index (χ4v) is 1.83. The highest BCUT2D eigenvalue weighted by Crippen LogP contribution is 2.22. The zero-order valence-electron chi connectivity index (χ0n) is 11.9. The van der Waals surface area contributed by atoms with Crippen molar-refractivity contribution in [2.24, 2.45) is 0 Å². The van der Waals surface area contributed by atoms with E-state index in [0.29, 0.717) is 22.9 Å². The van der Waals surface area contributed by atoms with E-state index < -0.39 is 0 Å². The van der Waals surface area contributed by atoms with Crippen molar-refractivity contribution >= 4 is 5.91 Å². The van der Waals surface area contributed by atoms with Crippen LogP contribution in [0.3, 0.4) is 0 Å². The van der Waals surface area contributed by atoms with Gasteiger partial charge in [-0.1, -0.05) is 0 Å². The summed E-state index contributed by atoms with van der Waals surface area (Å²) in [6.45, 7) is 3.31. The number of aliphatic hydroxyl groups is 1. The van der Waals surface area contributed by atoms with Crippen molar-refractivity contribution in [1.29, 1.82) is 0 Å². The molecule has 0 radical (unpaired) electrons. The van der Waals surface area contributed by atoms with E-state index in [-0.39, 0.29) is 30.8 Å². The number of benzene rings is 1. The molecular weight excluding hydrogens is 275 g/mol. The number of halogens is 1. The van der Waals surface area contributed by atoms with E-state index >= 15 is 0 Å². The summed E-state index contributed by atoms with van der Waals surface area (Å²) < 4.78 is 18.4. The number of aryl methyl sites for hydroxylation is 1. The molecule has 0 fully saturated rings. The average molecular weight is 292 g/mol. The second-order valence-electron chi connectivity index (χ2n) is 4.86. The maximum absolute atomic E-state index is 12.9. The van der Waals surface area contributed by atoms with Crippen LogP contribution in [0.2, 0.25) is 0 Å². The summed E-state index contributed by atoms with van der Waals surface area (Å²) in [7, 11) is 0. The molecule has 1 heterocycles. The Morgan fingerprint density at radius 1 is 1.43 bits per heavy atom. The lowest BCUT2D eigenvalue weighted by Crippen LogP contribution is -2.36. The number of aliphatic hydroxyl groups excluding tert-OH is 1. The number of hydrogen-bond acceptors (Lipinski definition) is 4. The van der Waals surface area contributed by atoms with Crippen LogP contribution < -0.4 is 5.32 Å². The molecule has 1 aromatic heterocycles. The summed E-state index contributed by atoms with van der Waals surface area (Å²) in [5.74, 6) is 0.324. The molecule has 5 nitrogen and oxygen atoms in total. The number of aromatic nitrogens is 1. The topological polar surface area (TPSA) is 75.4 Å². The van der Waals surface area contributed by atoms with E-state index in [1.807, 2.05) is 0 Å². The number of nitrogens with one attached hydrogen (secondary N) is 1. The van der Waals surface area contributed by atoms with Crippen LogP contribution in [0.4, 0.5) is 4.39 Å². The Balaban J connectivity index is 2.12. The number of oxazole rings is 1. The van der Waals surface area contributed by atoms with Crippen molar-refractivity contribution in [3.05, 3.63) is 41.5 Å². The largest absolute Gasteiger partial charge is 0.441 e. The Morgan fingerprint density at radius 2 is 2.10 bits per heavy atom. The van der Waals surface area contributed by atoms with Gasteiger partial charge in [-0.15, -0.1) is 0 Å². The summed E-state index contributed by atoms with van der Waals surface area (Å²) in [5.41, 5.74) is 1.17. The molecule has 21 heavy (non-hydrogen) atoms. The van der Waals surface area contributed by atoms with Gasteiger partial charge in [-0.05, 0) is 38.1 Å². The minimum atomic E-state index is -0.334. The third-order valence-corrected chi connectivity index (χ3v) is 2.99. The van der Waals surface area contributed by atoms with Crippen LogP contribution in [-0.4, -0.2) is 28.6 Å². The van der Waals surface area contributed by atoms with Crippen molar-refractivity contribution in [2.45, 2.75) is 26.3 Å². The Labute approximate surface area is 121 Å². The lowest BCUT2D eigenvalue weighted by Gasteiger charge is -2.09. The number of carbonyl (C=O) groups excluding carboxylic acids is 1. The van der Waals surface area contributed by atoms with Gasteiger partial charge in [-0.3, -0.25) is 4.79 Å². The molecule has 0 spiro atoms. The first-order valence-electron chi connectivity index (χ1n) is 6.62. The normalized spacial score (nSPS) is 12.2. The number of hydrogen-bond donors (Lipinski definition) is 2. The van der Waals surface area contributed by atoms with E-state index in [1.165, 1.54) is 12.1 Å². The monoisotopic (exact) mass is 292 g/mol. The zero-order chi connectivity index (χ0) is 15.4. The molecule has 2 N–H and O–H groups in total. The molecule has 112 valence electrons. The molecule has 0 bridgehead atoms. The van der Waals surface area contributed by atoms with Gasteiger partial charge in [-0.25, -0.2) is 9.37 Å². The number of rotatable bonds is 5. The minimum absolute atomic E-state index is 0.0703. The fourth-order valence-electron chi connectivity index (χ4n) is 1.83. The summed E-state index contributed by atoms with van der Waals surface area (Å²) in [6.07, 6.45) is 0.0703. The minimum Gasteiger partial charge on any atom is -0.441 e. The van der Waals surface area contributed by atoms with Crippen LogP contribution in [0.5, 0.6) is 0 Å². The van der Waals surface area contributed by atoms with Crippen molar-refractivity contribution in [3.63, 3.8) is 0 Å². The second kappa shape index (κ2) is 6.49. The smallest absolute Gasteiger partial charge is 0.226 e. The van der Waals surface area contributed by atoms with Crippen LogP contribution >= 0.6 is 0 Å². The average Bonchev–Trinajstić information content (AvgIpc) is 2.80. The maximum atomic E-state index is 12.9. The van der Waals surface area contributed by atoms with Gasteiger partial charge < -0.3 is 14.8 Å². The Bertz CT molecular complexity index is 622. The van der Waals surface area contributed by atoms with Crippen LogP contribution in [0.25, 0.3) is 11.5 Å². The maximum Gasteiger partial charge on any atom is 0.226 e. The van der Waals surface area contributed by atoms with Gasteiger partial charge in [0.05, 0.1) is 18.7 Å². The van der Waals surface area contributed by atoms with Gasteiger partial charge >= 0.3 is 0 Å². The van der Waals surface area contributed by atoms with Gasteiger partial charge in [-0.2, -0.15) is 0 Å². The lowest BCUT2D eigenvalue weighted by molar-refractivity contribution is -0.121. The quantitative estimate of drug-likeness (QED) is 0.881. The van der Waals surface area contributed by atoms with Crippen LogP contribution in [-0.2, 0) is 11.2 Å². The molecule has 6 heteroatoms. The van der Waals surface area contributed by atoms with Gasteiger partial charge in [0.15, 0.2) is 0 Å². The summed E-state index contributed by atoms with van der Waals surface area (Å²) in [4.78, 5) is 16.0. The fraction of sp³-hybridized carbons (Fsp3) is 0.333. The molecule has 2 aromatic rings. The molecule has 2 rings (SSSR count). The molecule has 1 unspecified atom stereocenters. The van der Waals surface area contributed by atoms with Crippen LogP contribution in [0.1, 0.15) is 18.4 Å². The highest BCUT2D eigenvalue weighted by Gasteiger charge is 2.15. The van der Waals surface area contributed by atoms with Crippen LogP contribution in [0, 0.1) is 12.7 Å². The standard InChI is InChI=1S/C15H17FN2O3/c1-9(8-19)17-14(20)7-13-10(2)21-15(18-13)11-3-5-12(16)6-4-11/h3-6,9,19H,7-8H2,1-2H3,(H,17,20). The Hall–Kier alpha value is -2.21. The van der Waals surface area contributed by atoms with Gasteiger partial charge in [0.25, 0.3) is 0 Å². The summed E-state index contributed by atoms with van der Waals surface area (Å²) in [5, 5.41) is 11.5. The Kier molecular flexibility index (Phi) is 4.70.